The molecule has 0 unspecified atom stereocenters. The van der Waals surface area contributed by atoms with Crippen LogP contribution in [0.2, 0.25) is 0 Å². The summed E-state index contributed by atoms with van der Waals surface area (Å²) in [5.41, 5.74) is 2.52. The number of aryl methyl sites for hydroxylation is 2. The van der Waals surface area contributed by atoms with Gasteiger partial charge < -0.3 is 0 Å². The highest BCUT2D eigenvalue weighted by Crippen LogP contribution is 2.39. The van der Waals surface area contributed by atoms with E-state index in [1.165, 1.54) is 45.4 Å². The molecule has 9 heteroatoms. The predicted molar refractivity (Wildman–Crippen MR) is 104 cm³/mol. The third-order valence-electron chi connectivity index (χ3n) is 4.74. The van der Waals surface area contributed by atoms with Crippen LogP contribution in [0.3, 0.4) is 0 Å². The van der Waals surface area contributed by atoms with Crippen LogP contribution in [0, 0.1) is 11.3 Å². The van der Waals surface area contributed by atoms with Gasteiger partial charge in [-0.1, -0.05) is 11.8 Å². The fraction of sp³-hybridized carbons (Fsp3) is 0.278. The molecule has 1 aliphatic rings. The lowest BCUT2D eigenvalue weighted by atomic mass is 9.97. The Labute approximate surface area is 162 Å². The van der Waals surface area contributed by atoms with Crippen molar-refractivity contribution in [2.45, 2.75) is 36.5 Å². The number of thioether (sulfide) groups is 1. The second-order valence-corrected chi connectivity index (χ2v) is 8.45. The standard InChI is InChI=1S/C18H14N6OS2/c19-6-10-7-22-24-14(25)5-11(23-16(10)24)8-26-17-15-12-3-1-2-4-13(12)27-18(15)21-9-20-17/h5,7,9,22H,1-4,8H2. The molecule has 4 aromatic rings. The van der Waals surface area contributed by atoms with E-state index in [-0.39, 0.29) is 5.56 Å². The first kappa shape index (κ1) is 16.5. The van der Waals surface area contributed by atoms with Gasteiger partial charge in [0.25, 0.3) is 5.56 Å². The van der Waals surface area contributed by atoms with E-state index in [1.807, 2.05) is 0 Å². The molecule has 0 saturated heterocycles. The normalized spacial score (nSPS) is 13.7. The summed E-state index contributed by atoms with van der Waals surface area (Å²) in [6.07, 6.45) is 7.75. The van der Waals surface area contributed by atoms with Crippen molar-refractivity contribution in [1.29, 1.82) is 5.26 Å². The molecule has 0 aromatic carbocycles. The summed E-state index contributed by atoms with van der Waals surface area (Å²) in [7, 11) is 0. The smallest absolute Gasteiger partial charge is 0.272 e. The number of aromatic nitrogens is 5. The molecule has 4 heterocycles. The summed E-state index contributed by atoms with van der Waals surface area (Å²) in [6, 6.07) is 3.55. The first-order chi connectivity index (χ1) is 13.2. The SMILES string of the molecule is N#Cc1c[nH]n2c(=O)cc(CSc3ncnc4sc5c(c34)CCCC5)nc12. The Morgan fingerprint density at radius 2 is 2.22 bits per heavy atom. The van der Waals surface area contributed by atoms with Crippen molar-refractivity contribution in [1.82, 2.24) is 24.6 Å². The molecule has 0 amide bonds. The number of fused-ring (bicyclic) bond motifs is 4. The third kappa shape index (κ3) is 2.72. The Balaban J connectivity index is 1.52. The highest BCUT2D eigenvalue weighted by atomic mass is 32.2. The Kier molecular flexibility index (Phi) is 3.95. The van der Waals surface area contributed by atoms with Gasteiger partial charge in [-0.15, -0.1) is 11.3 Å². The van der Waals surface area contributed by atoms with E-state index in [1.54, 1.807) is 29.4 Å². The molecule has 1 aliphatic carbocycles. The monoisotopic (exact) mass is 394 g/mol. The summed E-state index contributed by atoms with van der Waals surface area (Å²) in [5.74, 6) is 0.512. The lowest BCUT2D eigenvalue weighted by Crippen LogP contribution is -2.15. The number of thiophene rings is 1. The summed E-state index contributed by atoms with van der Waals surface area (Å²) in [6.45, 7) is 0. The van der Waals surface area contributed by atoms with E-state index in [2.05, 4.69) is 26.1 Å². The maximum atomic E-state index is 12.3. The van der Waals surface area contributed by atoms with Gasteiger partial charge in [0.15, 0.2) is 5.65 Å². The van der Waals surface area contributed by atoms with Gasteiger partial charge >= 0.3 is 0 Å². The molecule has 5 rings (SSSR count). The van der Waals surface area contributed by atoms with Crippen molar-refractivity contribution >= 4 is 39.0 Å². The van der Waals surface area contributed by atoms with E-state index in [4.69, 9.17) is 0 Å². The first-order valence-corrected chi connectivity index (χ1v) is 10.4. The molecule has 0 fully saturated rings. The zero-order valence-corrected chi connectivity index (χ0v) is 15.9. The summed E-state index contributed by atoms with van der Waals surface area (Å²) in [5, 5.41) is 14.0. The van der Waals surface area contributed by atoms with Gasteiger partial charge in [0.1, 0.15) is 27.8 Å². The molecule has 1 N–H and O–H groups in total. The number of rotatable bonds is 3. The maximum Gasteiger partial charge on any atom is 0.272 e. The number of hydrogen-bond donors (Lipinski definition) is 1. The van der Waals surface area contributed by atoms with Crippen LogP contribution in [0.5, 0.6) is 0 Å². The van der Waals surface area contributed by atoms with Gasteiger partial charge in [-0.2, -0.15) is 5.26 Å². The van der Waals surface area contributed by atoms with Gasteiger partial charge in [-0.05, 0) is 31.2 Å². The average Bonchev–Trinajstić information content (AvgIpc) is 3.27. The first-order valence-electron chi connectivity index (χ1n) is 8.63. The van der Waals surface area contributed by atoms with Crippen molar-refractivity contribution in [2.75, 3.05) is 0 Å². The number of nitrogens with zero attached hydrogens (tertiary/aromatic N) is 5. The number of aromatic amines is 1. The molecule has 0 bridgehead atoms. The van der Waals surface area contributed by atoms with Crippen LogP contribution in [0.1, 0.15) is 34.5 Å². The van der Waals surface area contributed by atoms with E-state index >= 15 is 0 Å². The van der Waals surface area contributed by atoms with E-state index in [0.29, 0.717) is 22.7 Å². The second kappa shape index (κ2) is 6.48. The fourth-order valence-electron chi connectivity index (χ4n) is 3.50. The fourth-order valence-corrected chi connectivity index (χ4v) is 5.71. The van der Waals surface area contributed by atoms with Crippen molar-refractivity contribution in [3.05, 3.63) is 50.6 Å². The summed E-state index contributed by atoms with van der Waals surface area (Å²) < 4.78 is 1.28. The summed E-state index contributed by atoms with van der Waals surface area (Å²) >= 11 is 3.34. The second-order valence-electron chi connectivity index (χ2n) is 6.40. The molecule has 4 aromatic heterocycles. The minimum Gasteiger partial charge on any atom is -0.295 e. The number of H-pyrrole nitrogens is 1. The van der Waals surface area contributed by atoms with Crippen LogP contribution in [-0.4, -0.2) is 24.6 Å². The molecule has 134 valence electrons. The average molecular weight is 394 g/mol. The van der Waals surface area contributed by atoms with Gasteiger partial charge in [-0.3, -0.25) is 9.89 Å². The van der Waals surface area contributed by atoms with Gasteiger partial charge in [0.05, 0.1) is 5.69 Å². The van der Waals surface area contributed by atoms with Crippen LogP contribution in [0.4, 0.5) is 0 Å². The molecular formula is C18H14N6OS2. The van der Waals surface area contributed by atoms with Crippen molar-refractivity contribution < 1.29 is 0 Å². The number of hydrogen-bond acceptors (Lipinski definition) is 7. The van der Waals surface area contributed by atoms with Crippen LogP contribution in [0.25, 0.3) is 15.9 Å². The Morgan fingerprint density at radius 3 is 3.11 bits per heavy atom. The minimum atomic E-state index is -0.224. The highest BCUT2D eigenvalue weighted by molar-refractivity contribution is 7.98. The topological polar surface area (TPSA) is 99.7 Å². The summed E-state index contributed by atoms with van der Waals surface area (Å²) in [4.78, 5) is 28.2. The van der Waals surface area contributed by atoms with Gasteiger partial charge in [0, 0.05) is 28.3 Å². The van der Waals surface area contributed by atoms with Gasteiger partial charge in [0.2, 0.25) is 0 Å². The Hall–Kier alpha value is -2.70. The molecular weight excluding hydrogens is 380 g/mol. The molecule has 7 nitrogen and oxygen atoms in total. The quantitative estimate of drug-likeness (QED) is 0.423. The molecule has 0 radical (unpaired) electrons. The molecule has 0 atom stereocenters. The maximum absolute atomic E-state index is 12.3. The van der Waals surface area contributed by atoms with Crippen LogP contribution >= 0.6 is 23.1 Å². The van der Waals surface area contributed by atoms with Crippen LogP contribution in [-0.2, 0) is 18.6 Å². The number of nitriles is 1. The lowest BCUT2D eigenvalue weighted by molar-refractivity contribution is 0.699. The predicted octanol–water partition coefficient (Wildman–Crippen LogP) is 3.07. The zero-order chi connectivity index (χ0) is 18.4. The molecule has 0 spiro atoms. The zero-order valence-electron chi connectivity index (χ0n) is 14.2. The molecule has 0 saturated carbocycles. The van der Waals surface area contributed by atoms with Crippen molar-refractivity contribution in [3.63, 3.8) is 0 Å². The largest absolute Gasteiger partial charge is 0.295 e. The Bertz CT molecular complexity index is 1280. The highest BCUT2D eigenvalue weighted by Gasteiger charge is 2.20. The molecule has 0 aliphatic heterocycles. The van der Waals surface area contributed by atoms with Crippen molar-refractivity contribution in [3.8, 4) is 6.07 Å². The van der Waals surface area contributed by atoms with Crippen LogP contribution < -0.4 is 5.56 Å². The molecule has 27 heavy (non-hydrogen) atoms. The van der Waals surface area contributed by atoms with Gasteiger partial charge in [-0.25, -0.2) is 19.5 Å². The van der Waals surface area contributed by atoms with E-state index < -0.39 is 0 Å². The van der Waals surface area contributed by atoms with E-state index in [9.17, 15) is 10.1 Å². The number of nitrogens with one attached hydrogen (secondary N) is 1. The Morgan fingerprint density at radius 1 is 1.33 bits per heavy atom. The lowest BCUT2D eigenvalue weighted by Gasteiger charge is -2.11. The van der Waals surface area contributed by atoms with E-state index in [0.717, 1.165) is 22.7 Å². The minimum absolute atomic E-state index is 0.224. The third-order valence-corrected chi connectivity index (χ3v) is 6.97. The van der Waals surface area contributed by atoms with Crippen LogP contribution in [0.15, 0.2) is 28.4 Å². The van der Waals surface area contributed by atoms with Crippen molar-refractivity contribution in [2.24, 2.45) is 0 Å².